The number of fused-ring (bicyclic) bond motifs is 1. The standard InChI is InChI=1S/C33H31F3N2O4/c1-20-4-7-26(31(40)42-3)17-28(20)25-10-11-27-29(16-25)21(2)18-38(30(27)39)19-22-5-8-23(9-6-22)24-12-14-37(15-13-24)32(41)33(34,35)36/h4-11,16-18,24H,12-15,19H2,1-3H3. The molecule has 0 unspecified atom stereocenters. The van der Waals surface area contributed by atoms with Gasteiger partial charge in [-0.15, -0.1) is 0 Å². The first kappa shape index (κ1) is 29.1. The summed E-state index contributed by atoms with van der Waals surface area (Å²) >= 11 is 0. The molecule has 0 bridgehead atoms. The number of amides is 1. The number of halogens is 3. The number of nitrogens with zero attached hydrogens (tertiary/aromatic N) is 2. The average molecular weight is 577 g/mol. The molecule has 4 aromatic rings. The van der Waals surface area contributed by atoms with Crippen molar-refractivity contribution < 1.29 is 27.5 Å². The molecule has 0 saturated carbocycles. The lowest BCUT2D eigenvalue weighted by molar-refractivity contribution is -0.186. The van der Waals surface area contributed by atoms with Crippen LogP contribution in [0.25, 0.3) is 21.9 Å². The van der Waals surface area contributed by atoms with Crippen molar-refractivity contribution in [3.8, 4) is 11.1 Å². The molecule has 218 valence electrons. The van der Waals surface area contributed by atoms with E-state index >= 15 is 0 Å². The fourth-order valence-electron chi connectivity index (χ4n) is 5.72. The maximum absolute atomic E-state index is 13.4. The van der Waals surface area contributed by atoms with Crippen LogP contribution in [0.4, 0.5) is 13.2 Å². The third kappa shape index (κ3) is 5.82. The van der Waals surface area contributed by atoms with Gasteiger partial charge in [0.2, 0.25) is 0 Å². The first-order valence-electron chi connectivity index (χ1n) is 13.7. The van der Waals surface area contributed by atoms with Crippen LogP contribution >= 0.6 is 0 Å². The molecular formula is C33H31F3N2O4. The number of esters is 1. The quantitative estimate of drug-likeness (QED) is 0.258. The van der Waals surface area contributed by atoms with Gasteiger partial charge in [-0.25, -0.2) is 4.79 Å². The van der Waals surface area contributed by atoms with Gasteiger partial charge >= 0.3 is 18.1 Å². The number of carbonyl (C=O) groups is 2. The number of benzene rings is 3. The molecule has 0 spiro atoms. The highest BCUT2D eigenvalue weighted by molar-refractivity contribution is 5.93. The number of hydrogen-bond donors (Lipinski definition) is 0. The molecule has 1 amide bonds. The van der Waals surface area contributed by atoms with Gasteiger partial charge in [-0.05, 0) is 95.6 Å². The van der Waals surface area contributed by atoms with E-state index in [1.807, 2.05) is 68.6 Å². The Morgan fingerprint density at radius 2 is 1.60 bits per heavy atom. The van der Waals surface area contributed by atoms with Crippen molar-refractivity contribution >= 4 is 22.6 Å². The van der Waals surface area contributed by atoms with E-state index in [2.05, 4.69) is 0 Å². The molecule has 1 aliphatic heterocycles. The first-order valence-corrected chi connectivity index (χ1v) is 13.7. The zero-order valence-electron chi connectivity index (χ0n) is 23.6. The van der Waals surface area contributed by atoms with E-state index in [9.17, 15) is 27.6 Å². The summed E-state index contributed by atoms with van der Waals surface area (Å²) in [5.41, 5.74) is 6.00. The lowest BCUT2D eigenvalue weighted by Crippen LogP contribution is -2.45. The molecule has 5 rings (SSSR count). The van der Waals surface area contributed by atoms with Crippen LogP contribution in [0.2, 0.25) is 0 Å². The molecule has 1 aromatic heterocycles. The molecule has 9 heteroatoms. The number of piperidine rings is 1. The number of aromatic nitrogens is 1. The number of alkyl halides is 3. The third-order valence-corrected chi connectivity index (χ3v) is 8.08. The van der Waals surface area contributed by atoms with Crippen LogP contribution in [0.3, 0.4) is 0 Å². The van der Waals surface area contributed by atoms with Gasteiger partial charge in [0.05, 0.1) is 19.2 Å². The van der Waals surface area contributed by atoms with Crippen molar-refractivity contribution in [2.45, 2.75) is 45.3 Å². The van der Waals surface area contributed by atoms with Gasteiger partial charge in [-0.2, -0.15) is 13.2 Å². The maximum Gasteiger partial charge on any atom is 0.471 e. The van der Waals surface area contributed by atoms with Gasteiger partial charge in [0.15, 0.2) is 0 Å². The number of carbonyl (C=O) groups excluding carboxylic acids is 2. The molecule has 1 fully saturated rings. The van der Waals surface area contributed by atoms with Gasteiger partial charge in [-0.3, -0.25) is 9.59 Å². The Labute approximate surface area is 241 Å². The predicted molar refractivity (Wildman–Crippen MR) is 155 cm³/mol. The number of methoxy groups -OCH3 is 1. The molecular weight excluding hydrogens is 545 g/mol. The summed E-state index contributed by atoms with van der Waals surface area (Å²) in [4.78, 5) is 37.9. The van der Waals surface area contributed by atoms with Crippen LogP contribution < -0.4 is 5.56 Å². The zero-order valence-corrected chi connectivity index (χ0v) is 23.6. The Hall–Kier alpha value is -4.40. The zero-order chi connectivity index (χ0) is 30.2. The summed E-state index contributed by atoms with van der Waals surface area (Å²) in [6.07, 6.45) is -2.06. The minimum absolute atomic E-state index is 0.0770. The minimum atomic E-state index is -4.84. The maximum atomic E-state index is 13.4. The number of hydrogen-bond acceptors (Lipinski definition) is 4. The number of ether oxygens (including phenoxy) is 1. The highest BCUT2D eigenvalue weighted by atomic mass is 19.4. The van der Waals surface area contributed by atoms with E-state index in [1.54, 1.807) is 16.7 Å². The smallest absolute Gasteiger partial charge is 0.465 e. The second kappa shape index (κ2) is 11.5. The lowest BCUT2D eigenvalue weighted by Gasteiger charge is -2.32. The average Bonchev–Trinajstić information content (AvgIpc) is 2.99. The van der Waals surface area contributed by atoms with Crippen LogP contribution in [0, 0.1) is 13.8 Å². The number of likely N-dealkylation sites (tertiary alicyclic amines) is 1. The van der Waals surface area contributed by atoms with Crippen molar-refractivity contribution in [1.29, 1.82) is 0 Å². The molecule has 3 aromatic carbocycles. The monoisotopic (exact) mass is 576 g/mol. The largest absolute Gasteiger partial charge is 0.471 e. The normalized spacial score (nSPS) is 14.3. The molecule has 42 heavy (non-hydrogen) atoms. The predicted octanol–water partition coefficient (Wildman–Crippen LogP) is 6.39. The summed E-state index contributed by atoms with van der Waals surface area (Å²) < 4.78 is 44.8. The van der Waals surface area contributed by atoms with Crippen LogP contribution in [0.5, 0.6) is 0 Å². The van der Waals surface area contributed by atoms with Gasteiger partial charge in [-0.1, -0.05) is 36.4 Å². The summed E-state index contributed by atoms with van der Waals surface area (Å²) in [6.45, 7) is 4.45. The van der Waals surface area contributed by atoms with Crippen molar-refractivity contribution in [2.75, 3.05) is 20.2 Å². The fraction of sp³-hybridized carbons (Fsp3) is 0.303. The molecule has 1 saturated heterocycles. The topological polar surface area (TPSA) is 68.6 Å². The van der Waals surface area contributed by atoms with Crippen molar-refractivity contribution in [2.24, 2.45) is 0 Å². The first-order chi connectivity index (χ1) is 20.0. The van der Waals surface area contributed by atoms with Crippen LogP contribution in [-0.4, -0.2) is 47.7 Å². The van der Waals surface area contributed by atoms with Gasteiger partial charge in [0.25, 0.3) is 5.56 Å². The molecule has 6 nitrogen and oxygen atoms in total. The van der Waals surface area contributed by atoms with Gasteiger partial charge in [0.1, 0.15) is 0 Å². The van der Waals surface area contributed by atoms with E-state index in [-0.39, 0.29) is 24.6 Å². The Bertz CT molecular complexity index is 1720. The lowest BCUT2D eigenvalue weighted by atomic mass is 9.89. The molecule has 1 aliphatic rings. The van der Waals surface area contributed by atoms with E-state index in [0.717, 1.165) is 43.7 Å². The Kier molecular flexibility index (Phi) is 7.95. The van der Waals surface area contributed by atoms with Crippen molar-refractivity contribution in [1.82, 2.24) is 9.47 Å². The van der Waals surface area contributed by atoms with Crippen LogP contribution in [-0.2, 0) is 16.1 Å². The summed E-state index contributed by atoms with van der Waals surface area (Å²) in [6, 6.07) is 18.9. The second-order valence-electron chi connectivity index (χ2n) is 10.8. The Morgan fingerprint density at radius 3 is 2.24 bits per heavy atom. The summed E-state index contributed by atoms with van der Waals surface area (Å²) in [7, 11) is 1.35. The third-order valence-electron chi connectivity index (χ3n) is 8.08. The fourth-order valence-corrected chi connectivity index (χ4v) is 5.72. The van der Waals surface area contributed by atoms with Crippen LogP contribution in [0.15, 0.2) is 71.7 Å². The minimum Gasteiger partial charge on any atom is -0.465 e. The number of aryl methyl sites for hydroxylation is 2. The van der Waals surface area contributed by atoms with Gasteiger partial charge < -0.3 is 14.2 Å². The second-order valence-corrected chi connectivity index (χ2v) is 10.8. The van der Waals surface area contributed by atoms with Crippen LogP contribution in [0.1, 0.15) is 51.4 Å². The van der Waals surface area contributed by atoms with Crippen molar-refractivity contribution in [3.63, 3.8) is 0 Å². The molecule has 0 aliphatic carbocycles. The molecule has 0 atom stereocenters. The SMILES string of the molecule is COC(=O)c1ccc(C)c(-c2ccc3c(=O)n(Cc4ccc(C5CCN(C(=O)C(F)(F)F)CC5)cc4)cc(C)c3c2)c1. The molecule has 2 heterocycles. The van der Waals surface area contributed by atoms with E-state index in [1.165, 1.54) is 7.11 Å². The highest BCUT2D eigenvalue weighted by Gasteiger charge is 2.43. The number of pyridine rings is 1. The van der Waals surface area contributed by atoms with E-state index in [0.29, 0.717) is 30.3 Å². The van der Waals surface area contributed by atoms with Crippen molar-refractivity contribution in [3.05, 3.63) is 105 Å². The highest BCUT2D eigenvalue weighted by Crippen LogP contribution is 2.31. The number of rotatable bonds is 5. The van der Waals surface area contributed by atoms with E-state index in [4.69, 9.17) is 4.74 Å². The van der Waals surface area contributed by atoms with Gasteiger partial charge in [0, 0.05) is 24.7 Å². The summed E-state index contributed by atoms with van der Waals surface area (Å²) in [5.74, 6) is -2.11. The molecule has 0 radical (unpaired) electrons. The molecule has 0 N–H and O–H groups in total. The van der Waals surface area contributed by atoms with E-state index < -0.39 is 18.1 Å². The Balaban J connectivity index is 1.34. The Morgan fingerprint density at radius 1 is 0.905 bits per heavy atom. The summed E-state index contributed by atoms with van der Waals surface area (Å²) in [5, 5.41) is 1.43.